The lowest BCUT2D eigenvalue weighted by molar-refractivity contribution is -0.270. The van der Waals surface area contributed by atoms with Crippen LogP contribution in [-0.2, 0) is 9.53 Å². The second-order valence-corrected chi connectivity index (χ2v) is 5.74. The molecule has 11 heteroatoms. The summed E-state index contributed by atoms with van der Waals surface area (Å²) in [6.45, 7) is -1.59. The molecule has 9 N–H and O–H groups in total. The molecule has 1 aliphatic rings. The summed E-state index contributed by atoms with van der Waals surface area (Å²) in [4.78, 5) is 11.9. The van der Waals surface area contributed by atoms with Gasteiger partial charge in [0.05, 0.1) is 19.3 Å². The lowest BCUT2D eigenvalue weighted by atomic mass is 9.85. The predicted molar refractivity (Wildman–Crippen MR) is 74.2 cm³/mol. The molecule has 1 fully saturated rings. The van der Waals surface area contributed by atoms with Crippen LogP contribution in [0, 0.1) is 5.92 Å². The van der Waals surface area contributed by atoms with E-state index in [9.17, 15) is 40.5 Å². The molecule has 0 amide bonds. The highest BCUT2D eigenvalue weighted by molar-refractivity contribution is 5.83. The van der Waals surface area contributed by atoms with E-state index >= 15 is 0 Å². The monoisotopic (exact) mass is 356 g/mol. The number of carbonyl (C=O) groups excluding carboxylic acids is 1. The summed E-state index contributed by atoms with van der Waals surface area (Å²) in [7, 11) is 0. The van der Waals surface area contributed by atoms with E-state index in [0.29, 0.717) is 0 Å². The molecule has 9 unspecified atom stereocenters. The molecular weight excluding hydrogens is 332 g/mol. The fourth-order valence-electron chi connectivity index (χ4n) is 2.44. The Morgan fingerprint density at radius 1 is 0.958 bits per heavy atom. The smallest absolute Gasteiger partial charge is 0.164 e. The van der Waals surface area contributed by atoms with Crippen LogP contribution in [0.1, 0.15) is 6.42 Å². The molecule has 0 aromatic carbocycles. The largest absolute Gasteiger partial charge is 0.394 e. The van der Waals surface area contributed by atoms with Gasteiger partial charge in [-0.05, 0) is 0 Å². The Bertz CT molecular complexity index is 405. The van der Waals surface area contributed by atoms with Gasteiger partial charge in [-0.1, -0.05) is 0 Å². The maximum atomic E-state index is 11.9. The zero-order chi connectivity index (χ0) is 18.6. The second kappa shape index (κ2) is 9.10. The van der Waals surface area contributed by atoms with Gasteiger partial charge in [0.25, 0.3) is 0 Å². The van der Waals surface area contributed by atoms with Crippen molar-refractivity contribution in [3.8, 4) is 0 Å². The maximum Gasteiger partial charge on any atom is 0.164 e. The van der Waals surface area contributed by atoms with Crippen LogP contribution in [-0.4, -0.2) is 114 Å². The van der Waals surface area contributed by atoms with Crippen LogP contribution in [0.4, 0.5) is 0 Å². The molecule has 0 aliphatic carbocycles. The van der Waals surface area contributed by atoms with Crippen molar-refractivity contribution in [3.05, 3.63) is 0 Å². The fraction of sp³-hybridized carbons (Fsp3) is 0.923. The number of aliphatic hydroxyl groups is 9. The number of Topliss-reactive ketones (excluding diaryl/α,β-unsaturated/α-hetero) is 1. The van der Waals surface area contributed by atoms with Crippen LogP contribution >= 0.6 is 0 Å². The molecule has 0 aromatic rings. The van der Waals surface area contributed by atoms with Crippen LogP contribution < -0.4 is 0 Å². The first kappa shape index (κ1) is 21.3. The third-order valence-corrected chi connectivity index (χ3v) is 4.05. The second-order valence-electron chi connectivity index (χ2n) is 5.74. The average molecular weight is 356 g/mol. The van der Waals surface area contributed by atoms with Crippen molar-refractivity contribution in [1.82, 2.24) is 0 Å². The summed E-state index contributed by atoms with van der Waals surface area (Å²) in [6, 6.07) is 0. The van der Waals surface area contributed by atoms with E-state index < -0.39 is 80.4 Å². The molecular formula is C13H24O11. The van der Waals surface area contributed by atoms with Crippen LogP contribution in [0.2, 0.25) is 0 Å². The van der Waals surface area contributed by atoms with E-state index in [2.05, 4.69) is 0 Å². The first-order valence-corrected chi connectivity index (χ1v) is 7.32. The van der Waals surface area contributed by atoms with Gasteiger partial charge in [0.15, 0.2) is 12.1 Å². The number of hydrogen-bond acceptors (Lipinski definition) is 11. The molecule has 1 saturated heterocycles. The first-order valence-electron chi connectivity index (χ1n) is 7.32. The Kier molecular flexibility index (Phi) is 8.08. The molecule has 9 atom stereocenters. The third-order valence-electron chi connectivity index (χ3n) is 4.05. The minimum atomic E-state index is -2.17. The topological polar surface area (TPSA) is 208 Å². The zero-order valence-electron chi connectivity index (χ0n) is 12.7. The minimum Gasteiger partial charge on any atom is -0.394 e. The Labute approximate surface area is 137 Å². The van der Waals surface area contributed by atoms with E-state index in [1.54, 1.807) is 0 Å². The van der Waals surface area contributed by atoms with Gasteiger partial charge in [-0.3, -0.25) is 4.79 Å². The van der Waals surface area contributed by atoms with Crippen LogP contribution in [0.3, 0.4) is 0 Å². The molecule has 11 nitrogen and oxygen atoms in total. The Morgan fingerprint density at radius 3 is 2.04 bits per heavy atom. The van der Waals surface area contributed by atoms with E-state index in [-0.39, 0.29) is 0 Å². The van der Waals surface area contributed by atoms with Gasteiger partial charge >= 0.3 is 0 Å². The molecule has 0 radical (unpaired) electrons. The van der Waals surface area contributed by atoms with E-state index in [4.69, 9.17) is 14.9 Å². The van der Waals surface area contributed by atoms with Crippen molar-refractivity contribution in [3.63, 3.8) is 0 Å². The number of aliphatic hydroxyl groups excluding tert-OH is 9. The Morgan fingerprint density at radius 2 is 1.54 bits per heavy atom. The summed E-state index contributed by atoms with van der Waals surface area (Å²) in [5.74, 6) is -2.45. The predicted octanol–water partition coefficient (Wildman–Crippen LogP) is -5.57. The summed E-state index contributed by atoms with van der Waals surface area (Å²) in [6.07, 6.45) is -15.0. The molecule has 0 bridgehead atoms. The standard InChI is InChI=1S/C13H24O11/c14-2-6(17)10(20)12(22)9(19)5(16)1-4-8(18)11(21)7(3-15)24-13(4)23/h4,6-15,17-23H,1-3H2. The zero-order valence-corrected chi connectivity index (χ0v) is 12.7. The Hall–Kier alpha value is -0.730. The van der Waals surface area contributed by atoms with Gasteiger partial charge < -0.3 is 50.7 Å². The van der Waals surface area contributed by atoms with Gasteiger partial charge in [-0.25, -0.2) is 0 Å². The van der Waals surface area contributed by atoms with Crippen LogP contribution in [0.15, 0.2) is 0 Å². The van der Waals surface area contributed by atoms with Crippen LogP contribution in [0.5, 0.6) is 0 Å². The van der Waals surface area contributed by atoms with E-state index in [1.165, 1.54) is 0 Å². The molecule has 24 heavy (non-hydrogen) atoms. The number of carbonyl (C=O) groups is 1. The Balaban J connectivity index is 2.72. The van der Waals surface area contributed by atoms with Gasteiger partial charge in [-0.15, -0.1) is 0 Å². The van der Waals surface area contributed by atoms with E-state index in [0.717, 1.165) is 0 Å². The van der Waals surface area contributed by atoms with E-state index in [1.807, 2.05) is 0 Å². The summed E-state index contributed by atoms with van der Waals surface area (Å²) < 4.78 is 4.85. The van der Waals surface area contributed by atoms with Crippen molar-refractivity contribution < 1.29 is 55.5 Å². The summed E-state index contributed by atoms with van der Waals surface area (Å²) in [5.41, 5.74) is 0. The molecule has 0 aromatic heterocycles. The van der Waals surface area contributed by atoms with Crippen molar-refractivity contribution >= 4 is 5.78 Å². The lowest BCUT2D eigenvalue weighted by Crippen LogP contribution is -2.57. The summed E-state index contributed by atoms with van der Waals surface area (Å²) in [5, 5.41) is 84.9. The maximum absolute atomic E-state index is 11.9. The molecule has 142 valence electrons. The lowest BCUT2D eigenvalue weighted by Gasteiger charge is -2.40. The van der Waals surface area contributed by atoms with Gasteiger partial charge in [0, 0.05) is 12.3 Å². The normalized spacial score (nSPS) is 36.0. The quantitative estimate of drug-likeness (QED) is 0.200. The van der Waals surface area contributed by atoms with Crippen molar-refractivity contribution in [2.24, 2.45) is 5.92 Å². The number of ketones is 1. The molecule has 1 rings (SSSR count). The van der Waals surface area contributed by atoms with Crippen molar-refractivity contribution in [2.75, 3.05) is 13.2 Å². The van der Waals surface area contributed by atoms with Gasteiger partial charge in [0.1, 0.15) is 36.6 Å². The molecule has 1 aliphatic heterocycles. The highest BCUT2D eigenvalue weighted by atomic mass is 16.6. The van der Waals surface area contributed by atoms with Gasteiger partial charge in [0.2, 0.25) is 0 Å². The molecule has 0 saturated carbocycles. The van der Waals surface area contributed by atoms with Crippen molar-refractivity contribution in [2.45, 2.75) is 55.4 Å². The third kappa shape index (κ3) is 4.67. The number of hydrogen-bond donors (Lipinski definition) is 9. The first-order chi connectivity index (χ1) is 11.1. The van der Waals surface area contributed by atoms with Crippen molar-refractivity contribution in [1.29, 1.82) is 0 Å². The minimum absolute atomic E-state index is 0.678. The highest BCUT2D eigenvalue weighted by Crippen LogP contribution is 2.28. The van der Waals surface area contributed by atoms with Gasteiger partial charge in [-0.2, -0.15) is 0 Å². The summed E-state index contributed by atoms with van der Waals surface area (Å²) >= 11 is 0. The average Bonchev–Trinajstić information content (AvgIpc) is 2.58. The molecule has 1 heterocycles. The van der Waals surface area contributed by atoms with Crippen LogP contribution in [0.25, 0.3) is 0 Å². The SMILES string of the molecule is O=C(CC1C(O)OC(CO)C(O)C1O)C(O)C(O)C(O)C(O)CO. The highest BCUT2D eigenvalue weighted by Gasteiger charge is 2.45. The number of rotatable bonds is 8. The number of ether oxygens (including phenoxy) is 1. The fourth-order valence-corrected chi connectivity index (χ4v) is 2.44. The molecule has 0 spiro atoms.